The summed E-state index contributed by atoms with van der Waals surface area (Å²) >= 11 is 0. The molecule has 0 atom stereocenters. The number of hydrogen-bond donors (Lipinski definition) is 3. The molecule has 0 spiro atoms. The van der Waals surface area contributed by atoms with E-state index in [-0.39, 0.29) is 35.3 Å². The second-order valence-corrected chi connectivity index (χ2v) is 6.61. The molecule has 0 saturated heterocycles. The highest BCUT2D eigenvalue weighted by molar-refractivity contribution is 5.96. The number of rotatable bonds is 7. The highest BCUT2D eigenvalue weighted by Crippen LogP contribution is 2.28. The summed E-state index contributed by atoms with van der Waals surface area (Å²) in [4.78, 5) is 27.4. The van der Waals surface area contributed by atoms with E-state index in [2.05, 4.69) is 31.1 Å². The number of halogens is 1. The SMILES string of the molecule is CC[N+](CC)(CC)CCNC(=O)c1c(O)c2c([nH]c1=O)CCCC2.[I-]. The van der Waals surface area contributed by atoms with Crippen molar-refractivity contribution in [1.29, 1.82) is 0 Å². The number of pyridine rings is 1. The third-order valence-electron chi connectivity index (χ3n) is 5.59. The van der Waals surface area contributed by atoms with Gasteiger partial charge in [0.1, 0.15) is 11.3 Å². The maximum absolute atomic E-state index is 12.4. The number of nitrogens with one attached hydrogen (secondary N) is 2. The number of amides is 1. The molecule has 0 bridgehead atoms. The minimum Gasteiger partial charge on any atom is -1.00 e. The molecule has 3 N–H and O–H groups in total. The number of aryl methyl sites for hydroxylation is 1. The van der Waals surface area contributed by atoms with Gasteiger partial charge in [0, 0.05) is 11.3 Å². The minimum absolute atomic E-state index is 0. The molecule has 2 rings (SSSR count). The minimum atomic E-state index is -0.493. The standard InChI is InChI=1S/C18H29N3O3.HI/c1-4-21(5-2,6-3)12-11-19-17(23)15-16(22)13-9-7-8-10-14(13)20-18(15)24;/h4-12H2,1-3H3,(H2-,19,20,22,23,24);1H. The highest BCUT2D eigenvalue weighted by Gasteiger charge is 2.25. The summed E-state index contributed by atoms with van der Waals surface area (Å²) in [5.74, 6) is -0.614. The van der Waals surface area contributed by atoms with Crippen LogP contribution in [-0.2, 0) is 12.8 Å². The maximum atomic E-state index is 12.4. The molecule has 0 unspecified atom stereocenters. The summed E-state index contributed by atoms with van der Waals surface area (Å²) in [6.07, 6.45) is 3.43. The Bertz CT molecular complexity index is 645. The number of carbonyl (C=O) groups excluding carboxylic acids is 1. The highest BCUT2D eigenvalue weighted by atomic mass is 127. The van der Waals surface area contributed by atoms with E-state index in [1.165, 1.54) is 0 Å². The van der Waals surface area contributed by atoms with Crippen molar-refractivity contribution >= 4 is 5.91 Å². The number of fused-ring (bicyclic) bond motifs is 1. The average molecular weight is 463 g/mol. The Kier molecular flexibility index (Phi) is 8.40. The number of quaternary nitrogens is 1. The summed E-state index contributed by atoms with van der Waals surface area (Å²) in [5.41, 5.74) is 0.872. The predicted octanol–water partition coefficient (Wildman–Crippen LogP) is -1.43. The second kappa shape index (κ2) is 9.56. The smallest absolute Gasteiger partial charge is 0.264 e. The van der Waals surface area contributed by atoms with E-state index in [4.69, 9.17) is 0 Å². The van der Waals surface area contributed by atoms with Crippen molar-refractivity contribution in [2.75, 3.05) is 32.7 Å². The Morgan fingerprint density at radius 2 is 1.76 bits per heavy atom. The van der Waals surface area contributed by atoms with Gasteiger partial charge >= 0.3 is 0 Å². The van der Waals surface area contributed by atoms with Gasteiger partial charge in [-0.25, -0.2) is 0 Å². The van der Waals surface area contributed by atoms with Crippen LogP contribution in [0.1, 0.15) is 55.2 Å². The molecule has 0 saturated carbocycles. The van der Waals surface area contributed by atoms with Crippen LogP contribution in [0, 0.1) is 0 Å². The Morgan fingerprint density at radius 3 is 2.36 bits per heavy atom. The van der Waals surface area contributed by atoms with Crippen LogP contribution in [0.15, 0.2) is 4.79 Å². The second-order valence-electron chi connectivity index (χ2n) is 6.61. The molecule has 1 aliphatic carbocycles. The number of likely N-dealkylation sites (N-methyl/N-ethyl adjacent to an activating group) is 1. The van der Waals surface area contributed by atoms with Gasteiger partial charge in [-0.05, 0) is 46.5 Å². The van der Waals surface area contributed by atoms with E-state index in [0.717, 1.165) is 61.2 Å². The molecule has 0 aliphatic heterocycles. The molecule has 0 radical (unpaired) electrons. The molecular formula is C18H30IN3O3. The third-order valence-corrected chi connectivity index (χ3v) is 5.59. The monoisotopic (exact) mass is 463 g/mol. The number of carbonyl (C=O) groups is 1. The lowest BCUT2D eigenvalue weighted by Gasteiger charge is -2.35. The lowest BCUT2D eigenvalue weighted by molar-refractivity contribution is -0.922. The van der Waals surface area contributed by atoms with Crippen molar-refractivity contribution in [3.05, 3.63) is 27.2 Å². The van der Waals surface area contributed by atoms with Crippen LogP contribution in [-0.4, -0.2) is 53.2 Å². The number of nitrogens with zero attached hydrogens (tertiary/aromatic N) is 1. The predicted molar refractivity (Wildman–Crippen MR) is 94.5 cm³/mol. The molecule has 0 aromatic carbocycles. The van der Waals surface area contributed by atoms with Crippen molar-refractivity contribution in [2.45, 2.75) is 46.5 Å². The lowest BCUT2D eigenvalue weighted by Crippen LogP contribution is -3.00. The Labute approximate surface area is 166 Å². The fourth-order valence-electron chi connectivity index (χ4n) is 3.61. The van der Waals surface area contributed by atoms with Crippen LogP contribution < -0.4 is 34.9 Å². The summed E-state index contributed by atoms with van der Waals surface area (Å²) in [6, 6.07) is 0. The van der Waals surface area contributed by atoms with Crippen molar-refractivity contribution < 1.29 is 38.4 Å². The van der Waals surface area contributed by atoms with Gasteiger partial charge in [0.05, 0.1) is 32.7 Å². The van der Waals surface area contributed by atoms with E-state index >= 15 is 0 Å². The third kappa shape index (κ3) is 4.75. The number of aromatic nitrogens is 1. The molecule has 6 nitrogen and oxygen atoms in total. The fraction of sp³-hybridized carbons (Fsp3) is 0.667. The van der Waals surface area contributed by atoms with Gasteiger partial charge in [-0.1, -0.05) is 0 Å². The molecule has 1 aromatic rings. The van der Waals surface area contributed by atoms with Crippen molar-refractivity contribution in [1.82, 2.24) is 10.3 Å². The van der Waals surface area contributed by atoms with E-state index in [1.807, 2.05) is 0 Å². The van der Waals surface area contributed by atoms with Gasteiger partial charge in [0.25, 0.3) is 11.5 Å². The molecule has 25 heavy (non-hydrogen) atoms. The molecule has 0 fully saturated rings. The Balaban J connectivity index is 0.00000312. The van der Waals surface area contributed by atoms with E-state index < -0.39 is 11.5 Å². The van der Waals surface area contributed by atoms with Gasteiger partial charge in [0.2, 0.25) is 0 Å². The zero-order valence-corrected chi connectivity index (χ0v) is 17.6. The molecule has 1 amide bonds. The summed E-state index contributed by atoms with van der Waals surface area (Å²) in [7, 11) is 0. The Hall–Kier alpha value is -1.09. The molecule has 1 aliphatic rings. The van der Waals surface area contributed by atoms with E-state index in [9.17, 15) is 14.7 Å². The topological polar surface area (TPSA) is 82.2 Å². The zero-order chi connectivity index (χ0) is 17.7. The van der Waals surface area contributed by atoms with Gasteiger partial charge in [-0.2, -0.15) is 0 Å². The molecule has 1 heterocycles. The first-order chi connectivity index (χ1) is 11.5. The normalized spacial score (nSPS) is 13.7. The first-order valence-corrected chi connectivity index (χ1v) is 9.08. The van der Waals surface area contributed by atoms with Crippen LogP contribution >= 0.6 is 0 Å². The first-order valence-electron chi connectivity index (χ1n) is 9.08. The van der Waals surface area contributed by atoms with Gasteiger partial charge in [0.15, 0.2) is 0 Å². The number of aromatic amines is 1. The molecule has 142 valence electrons. The molecule has 1 aromatic heterocycles. The van der Waals surface area contributed by atoms with Gasteiger partial charge in [-0.15, -0.1) is 0 Å². The summed E-state index contributed by atoms with van der Waals surface area (Å²) in [5, 5.41) is 13.2. The van der Waals surface area contributed by atoms with Crippen LogP contribution in [0.25, 0.3) is 0 Å². The number of aromatic hydroxyl groups is 1. The van der Waals surface area contributed by atoms with Crippen LogP contribution in [0.5, 0.6) is 5.75 Å². The van der Waals surface area contributed by atoms with Crippen molar-refractivity contribution in [3.8, 4) is 5.75 Å². The summed E-state index contributed by atoms with van der Waals surface area (Å²) in [6.45, 7) is 10.8. The van der Waals surface area contributed by atoms with Crippen LogP contribution in [0.4, 0.5) is 0 Å². The van der Waals surface area contributed by atoms with Crippen LogP contribution in [0.3, 0.4) is 0 Å². The van der Waals surface area contributed by atoms with E-state index in [1.54, 1.807) is 0 Å². The first kappa shape index (κ1) is 22.0. The van der Waals surface area contributed by atoms with Crippen LogP contribution in [0.2, 0.25) is 0 Å². The Morgan fingerprint density at radius 1 is 1.16 bits per heavy atom. The van der Waals surface area contributed by atoms with Gasteiger partial charge in [-0.3, -0.25) is 9.59 Å². The number of H-pyrrole nitrogens is 1. The van der Waals surface area contributed by atoms with Gasteiger partial charge < -0.3 is 43.9 Å². The lowest BCUT2D eigenvalue weighted by atomic mass is 9.93. The van der Waals surface area contributed by atoms with E-state index in [0.29, 0.717) is 13.0 Å². The average Bonchev–Trinajstić information content (AvgIpc) is 2.59. The quantitative estimate of drug-likeness (QED) is 0.343. The molecular weight excluding hydrogens is 433 g/mol. The maximum Gasteiger partial charge on any atom is 0.264 e. The molecule has 7 heteroatoms. The van der Waals surface area contributed by atoms with Crippen molar-refractivity contribution in [2.24, 2.45) is 0 Å². The number of hydrogen-bond acceptors (Lipinski definition) is 3. The zero-order valence-electron chi connectivity index (χ0n) is 15.5. The summed E-state index contributed by atoms with van der Waals surface area (Å²) < 4.78 is 0.923. The largest absolute Gasteiger partial charge is 1.00 e. The van der Waals surface area contributed by atoms with Crippen molar-refractivity contribution in [3.63, 3.8) is 0 Å². The fourth-order valence-corrected chi connectivity index (χ4v) is 3.61.